The van der Waals surface area contributed by atoms with Gasteiger partial charge in [0.15, 0.2) is 5.69 Å². The number of pyridine rings is 1. The van der Waals surface area contributed by atoms with Crippen molar-refractivity contribution >= 4 is 11.4 Å². The molecule has 3 rings (SSSR count). The lowest BCUT2D eigenvalue weighted by molar-refractivity contribution is -0.199. The number of nitrogen functional groups attached to an aromatic ring is 1. The second kappa shape index (κ2) is 12.7. The van der Waals surface area contributed by atoms with Crippen molar-refractivity contribution in [1.29, 1.82) is 5.26 Å². The summed E-state index contributed by atoms with van der Waals surface area (Å²) in [5, 5.41) is 22.3. The van der Waals surface area contributed by atoms with Crippen molar-refractivity contribution in [1.82, 2.24) is 16.2 Å². The molecule has 0 bridgehead atoms. The topological polar surface area (TPSA) is 152 Å². The Kier molecular flexibility index (Phi) is 10.9. The van der Waals surface area contributed by atoms with Crippen LogP contribution in [-0.2, 0) is 11.0 Å². The molecule has 36 heavy (non-hydrogen) atoms. The first-order valence-electron chi connectivity index (χ1n) is 11.0. The van der Waals surface area contributed by atoms with Crippen LogP contribution >= 0.6 is 0 Å². The standard InChI is InChI=1S/C20H22F3N5O2.C4H10O.H3N/c1-26-16-8-15(27-17(9-24)19(16)25)13-3-4-18(14(7-13)20(21,22)23)30-6-5-12-10-28(11-12)29-2;1-4(2,3)5;/h3-4,7-8,12H,5-6,10-11,25H2,1-2H3,(H,26,27);5H,1-3H3;1H3. The van der Waals surface area contributed by atoms with Gasteiger partial charge in [0, 0.05) is 25.7 Å². The number of hydrogen-bond acceptors (Lipinski definition) is 9. The molecule has 1 aliphatic heterocycles. The second-order valence-corrected chi connectivity index (χ2v) is 9.09. The van der Waals surface area contributed by atoms with Crippen LogP contribution in [0.1, 0.15) is 38.4 Å². The molecule has 0 amide bonds. The number of ether oxygens (including phenoxy) is 1. The molecule has 1 aromatic heterocycles. The van der Waals surface area contributed by atoms with Crippen molar-refractivity contribution in [2.45, 2.75) is 39.0 Å². The first-order chi connectivity index (χ1) is 16.3. The Bertz CT molecular complexity index is 1040. The lowest BCUT2D eigenvalue weighted by Gasteiger charge is -2.36. The fraction of sp³-hybridized carbons (Fsp3) is 0.500. The van der Waals surface area contributed by atoms with E-state index in [1.165, 1.54) is 18.2 Å². The Morgan fingerprint density at radius 1 is 1.25 bits per heavy atom. The summed E-state index contributed by atoms with van der Waals surface area (Å²) in [6, 6.07) is 7.11. The van der Waals surface area contributed by atoms with Crippen molar-refractivity contribution in [3.8, 4) is 23.1 Å². The minimum atomic E-state index is -4.60. The molecule has 0 aliphatic carbocycles. The quantitative estimate of drug-likeness (QED) is 0.421. The van der Waals surface area contributed by atoms with Crippen LogP contribution in [0.5, 0.6) is 5.75 Å². The number of aliphatic hydroxyl groups is 1. The maximum atomic E-state index is 13.7. The van der Waals surface area contributed by atoms with Crippen LogP contribution < -0.4 is 21.9 Å². The summed E-state index contributed by atoms with van der Waals surface area (Å²) in [6.07, 6.45) is -3.97. The van der Waals surface area contributed by atoms with E-state index in [4.69, 9.17) is 20.4 Å². The smallest absolute Gasteiger partial charge is 0.419 e. The maximum absolute atomic E-state index is 13.7. The Balaban J connectivity index is 0.000000983. The van der Waals surface area contributed by atoms with Crippen molar-refractivity contribution in [2.75, 3.05) is 44.9 Å². The van der Waals surface area contributed by atoms with Gasteiger partial charge in [-0.15, -0.1) is 0 Å². The van der Waals surface area contributed by atoms with E-state index >= 15 is 0 Å². The largest absolute Gasteiger partial charge is 0.493 e. The monoisotopic (exact) mass is 512 g/mol. The molecule has 1 aliphatic rings. The van der Waals surface area contributed by atoms with E-state index in [1.54, 1.807) is 40.0 Å². The van der Waals surface area contributed by atoms with Crippen molar-refractivity contribution < 1.29 is 27.9 Å². The van der Waals surface area contributed by atoms with Gasteiger partial charge < -0.3 is 31.9 Å². The fourth-order valence-corrected chi connectivity index (χ4v) is 3.22. The summed E-state index contributed by atoms with van der Waals surface area (Å²) >= 11 is 0. The van der Waals surface area contributed by atoms with E-state index in [0.29, 0.717) is 18.0 Å². The molecule has 1 fully saturated rings. The van der Waals surface area contributed by atoms with Crippen LogP contribution in [-0.4, -0.2) is 54.6 Å². The molecule has 9 nitrogen and oxygen atoms in total. The Labute approximate surface area is 209 Å². The third-order valence-electron chi connectivity index (χ3n) is 4.98. The number of nitrogens with two attached hydrogens (primary N) is 1. The van der Waals surface area contributed by atoms with Gasteiger partial charge in [0.05, 0.1) is 41.9 Å². The summed E-state index contributed by atoms with van der Waals surface area (Å²) in [5.41, 5.74) is 5.34. The number of aromatic nitrogens is 1. The summed E-state index contributed by atoms with van der Waals surface area (Å²) in [4.78, 5) is 9.14. The fourth-order valence-electron chi connectivity index (χ4n) is 3.22. The van der Waals surface area contributed by atoms with Crippen molar-refractivity contribution in [3.05, 3.63) is 35.5 Å². The predicted molar refractivity (Wildman–Crippen MR) is 133 cm³/mol. The molecular formula is C24H35F3N6O3. The van der Waals surface area contributed by atoms with Crippen LogP contribution in [0.15, 0.2) is 24.3 Å². The molecule has 0 saturated carbocycles. The van der Waals surface area contributed by atoms with E-state index < -0.39 is 17.3 Å². The number of benzene rings is 1. The van der Waals surface area contributed by atoms with Crippen molar-refractivity contribution in [3.63, 3.8) is 0 Å². The summed E-state index contributed by atoms with van der Waals surface area (Å²) in [6.45, 7) is 6.88. The van der Waals surface area contributed by atoms with E-state index in [2.05, 4.69) is 10.3 Å². The highest BCUT2D eigenvalue weighted by Crippen LogP contribution is 2.39. The number of rotatable bonds is 7. The van der Waals surface area contributed by atoms with Gasteiger partial charge >= 0.3 is 6.18 Å². The van der Waals surface area contributed by atoms with Gasteiger partial charge in [0.25, 0.3) is 0 Å². The molecule has 0 spiro atoms. The SMILES string of the molecule is CC(C)(C)O.CNc1cc(-c2ccc(OCCC3CN(OC)C3)c(C(F)(F)F)c2)nc(C#N)c1N.N. The molecule has 7 N–H and O–H groups in total. The van der Waals surface area contributed by atoms with Crippen LogP contribution in [0.2, 0.25) is 0 Å². The molecule has 12 heteroatoms. The Morgan fingerprint density at radius 2 is 1.86 bits per heavy atom. The third kappa shape index (κ3) is 8.83. The van der Waals surface area contributed by atoms with Crippen LogP contribution in [0, 0.1) is 17.2 Å². The zero-order valence-electron chi connectivity index (χ0n) is 21.2. The van der Waals surface area contributed by atoms with Crippen LogP contribution in [0.4, 0.5) is 24.5 Å². The van der Waals surface area contributed by atoms with E-state index in [-0.39, 0.29) is 41.1 Å². The number of nitriles is 1. The number of anilines is 2. The minimum Gasteiger partial charge on any atom is -0.493 e. The molecule has 200 valence electrons. The average molecular weight is 513 g/mol. The summed E-state index contributed by atoms with van der Waals surface area (Å²) < 4.78 is 46.4. The van der Waals surface area contributed by atoms with Gasteiger partial charge in [-0.3, -0.25) is 0 Å². The number of hydrogen-bond donors (Lipinski definition) is 4. The van der Waals surface area contributed by atoms with Gasteiger partial charge in [-0.25, -0.2) is 4.98 Å². The number of alkyl halides is 3. The second-order valence-electron chi connectivity index (χ2n) is 9.09. The summed E-state index contributed by atoms with van der Waals surface area (Å²) in [7, 11) is 3.18. The molecule has 2 heterocycles. The van der Waals surface area contributed by atoms with Crippen LogP contribution in [0.3, 0.4) is 0 Å². The first-order valence-corrected chi connectivity index (χ1v) is 11.0. The minimum absolute atomic E-state index is 0. The molecule has 0 unspecified atom stereocenters. The number of hydroxylamine groups is 2. The first kappa shape index (κ1) is 30.9. The zero-order valence-corrected chi connectivity index (χ0v) is 21.2. The van der Waals surface area contributed by atoms with E-state index in [0.717, 1.165) is 19.2 Å². The Hall–Kier alpha value is -3.11. The van der Waals surface area contributed by atoms with Gasteiger partial charge in [-0.2, -0.15) is 23.5 Å². The van der Waals surface area contributed by atoms with Gasteiger partial charge in [-0.1, -0.05) is 0 Å². The summed E-state index contributed by atoms with van der Waals surface area (Å²) in [5.74, 6) is 0.0980. The molecule has 0 radical (unpaired) electrons. The lowest BCUT2D eigenvalue weighted by Crippen LogP contribution is -2.46. The number of nitrogens with zero attached hydrogens (tertiary/aromatic N) is 3. The maximum Gasteiger partial charge on any atom is 0.419 e. The van der Waals surface area contributed by atoms with Gasteiger partial charge in [0.1, 0.15) is 11.8 Å². The molecule has 1 aromatic carbocycles. The molecule has 1 saturated heterocycles. The molecule has 2 aromatic rings. The molecular weight excluding hydrogens is 477 g/mol. The number of nitrogens with one attached hydrogen (secondary N) is 1. The highest BCUT2D eigenvalue weighted by Gasteiger charge is 2.35. The highest BCUT2D eigenvalue weighted by molar-refractivity contribution is 5.77. The van der Waals surface area contributed by atoms with E-state index in [1.807, 2.05) is 6.07 Å². The Morgan fingerprint density at radius 3 is 2.36 bits per heavy atom. The normalized spacial score (nSPS) is 14.0. The van der Waals surface area contributed by atoms with Crippen molar-refractivity contribution in [2.24, 2.45) is 5.92 Å². The lowest BCUT2D eigenvalue weighted by atomic mass is 9.99. The zero-order chi connectivity index (χ0) is 26.4. The van der Waals surface area contributed by atoms with Gasteiger partial charge in [0.2, 0.25) is 0 Å². The molecule has 0 atom stereocenters. The average Bonchev–Trinajstić information content (AvgIpc) is 2.73. The highest BCUT2D eigenvalue weighted by atomic mass is 19.4. The van der Waals surface area contributed by atoms with E-state index in [9.17, 15) is 18.4 Å². The third-order valence-corrected chi connectivity index (χ3v) is 4.98. The van der Waals surface area contributed by atoms with Gasteiger partial charge in [-0.05, 0) is 57.4 Å². The van der Waals surface area contributed by atoms with Crippen LogP contribution in [0.25, 0.3) is 11.3 Å². The predicted octanol–water partition coefficient (Wildman–Crippen LogP) is 4.46. The number of halogens is 3.